The first-order valence-electron chi connectivity index (χ1n) is 9.94. The van der Waals surface area contributed by atoms with E-state index in [0.717, 1.165) is 30.8 Å². The van der Waals surface area contributed by atoms with Crippen molar-refractivity contribution in [2.75, 3.05) is 20.2 Å². The summed E-state index contributed by atoms with van der Waals surface area (Å²) in [7, 11) is 1.69. The number of fused-ring (bicyclic) bond motifs is 1. The van der Waals surface area contributed by atoms with Gasteiger partial charge in [-0.2, -0.15) is 0 Å². The van der Waals surface area contributed by atoms with Crippen LogP contribution in [-0.4, -0.2) is 35.9 Å². The molecule has 0 bridgehead atoms. The summed E-state index contributed by atoms with van der Waals surface area (Å²) in [6.07, 6.45) is 0.930. The van der Waals surface area contributed by atoms with E-state index < -0.39 is 0 Å². The van der Waals surface area contributed by atoms with Crippen LogP contribution in [0.1, 0.15) is 21.6 Å². The number of amides is 1. The van der Waals surface area contributed by atoms with Crippen LogP contribution in [0, 0.1) is 0 Å². The van der Waals surface area contributed by atoms with Crippen molar-refractivity contribution in [3.05, 3.63) is 87.6 Å². The highest BCUT2D eigenvalue weighted by atomic mass is 32.1. The van der Waals surface area contributed by atoms with Gasteiger partial charge in [-0.15, -0.1) is 11.3 Å². The largest absolute Gasteiger partial charge is 0.496 e. The van der Waals surface area contributed by atoms with E-state index in [4.69, 9.17) is 4.74 Å². The Morgan fingerprint density at radius 1 is 1.03 bits per heavy atom. The number of carbonyl (C=O) groups is 1. The molecule has 150 valence electrons. The van der Waals surface area contributed by atoms with Crippen molar-refractivity contribution in [2.45, 2.75) is 26.1 Å². The van der Waals surface area contributed by atoms with Gasteiger partial charge in [0.25, 0.3) is 0 Å². The second-order valence-electron chi connectivity index (χ2n) is 7.37. The van der Waals surface area contributed by atoms with Crippen LogP contribution in [0.3, 0.4) is 0 Å². The average molecular weight is 407 g/mol. The van der Waals surface area contributed by atoms with E-state index in [1.54, 1.807) is 18.4 Å². The molecule has 3 aromatic rings. The van der Waals surface area contributed by atoms with Gasteiger partial charge in [-0.25, -0.2) is 0 Å². The molecule has 29 heavy (non-hydrogen) atoms. The third-order valence-electron chi connectivity index (χ3n) is 5.39. The number of ether oxygens (including phenoxy) is 1. The number of rotatable bonds is 7. The molecule has 1 aromatic heterocycles. The Morgan fingerprint density at radius 2 is 1.83 bits per heavy atom. The molecule has 0 radical (unpaired) electrons. The Labute approximate surface area is 176 Å². The van der Waals surface area contributed by atoms with Crippen LogP contribution in [0.15, 0.2) is 66.0 Å². The molecule has 1 amide bonds. The molecule has 0 saturated heterocycles. The maximum atomic E-state index is 13.1. The zero-order valence-electron chi connectivity index (χ0n) is 16.7. The van der Waals surface area contributed by atoms with Crippen molar-refractivity contribution in [1.82, 2.24) is 9.80 Å². The van der Waals surface area contributed by atoms with Gasteiger partial charge in [0.05, 0.1) is 13.7 Å². The number of para-hydroxylation sites is 1. The zero-order valence-corrected chi connectivity index (χ0v) is 17.5. The van der Waals surface area contributed by atoms with Gasteiger partial charge in [0.2, 0.25) is 5.91 Å². The molecule has 4 rings (SSSR count). The summed E-state index contributed by atoms with van der Waals surface area (Å²) in [6, 6.07) is 20.7. The van der Waals surface area contributed by atoms with E-state index in [0.29, 0.717) is 19.6 Å². The molecule has 0 fully saturated rings. The van der Waals surface area contributed by atoms with E-state index in [9.17, 15) is 4.79 Å². The average Bonchev–Trinajstić information content (AvgIpc) is 3.26. The van der Waals surface area contributed by atoms with E-state index >= 15 is 0 Å². The van der Waals surface area contributed by atoms with Crippen molar-refractivity contribution >= 4 is 17.2 Å². The number of benzene rings is 2. The minimum Gasteiger partial charge on any atom is -0.496 e. The first-order valence-corrected chi connectivity index (χ1v) is 10.8. The van der Waals surface area contributed by atoms with Crippen LogP contribution in [0.5, 0.6) is 5.75 Å². The molecule has 5 heteroatoms. The van der Waals surface area contributed by atoms with Crippen LogP contribution in [0.2, 0.25) is 0 Å². The van der Waals surface area contributed by atoms with Gasteiger partial charge in [-0.1, -0.05) is 48.5 Å². The second-order valence-corrected chi connectivity index (χ2v) is 8.40. The van der Waals surface area contributed by atoms with Gasteiger partial charge < -0.3 is 9.64 Å². The van der Waals surface area contributed by atoms with Crippen molar-refractivity contribution < 1.29 is 9.53 Å². The molecule has 0 N–H and O–H groups in total. The van der Waals surface area contributed by atoms with E-state index in [1.807, 2.05) is 23.1 Å². The number of carbonyl (C=O) groups excluding carboxylic acids is 1. The topological polar surface area (TPSA) is 32.8 Å². The summed E-state index contributed by atoms with van der Waals surface area (Å²) in [4.78, 5) is 18.6. The van der Waals surface area contributed by atoms with Crippen LogP contribution < -0.4 is 4.74 Å². The molecule has 4 nitrogen and oxygen atoms in total. The molecule has 0 aliphatic carbocycles. The van der Waals surface area contributed by atoms with Gasteiger partial charge in [0, 0.05) is 36.6 Å². The molecule has 2 heterocycles. The summed E-state index contributed by atoms with van der Waals surface area (Å²) >= 11 is 1.73. The lowest BCUT2D eigenvalue weighted by molar-refractivity contribution is -0.133. The standard InChI is InChI=1S/C24H26N2O2S/c1-28-23-11-5-4-9-21(23)15-25(17-22-10-6-14-29-22)18-24(27)26-13-12-19-7-2-3-8-20(19)16-26/h2-11,14H,12-13,15-18H2,1H3. The fourth-order valence-electron chi connectivity index (χ4n) is 3.87. The maximum absolute atomic E-state index is 13.1. The first-order chi connectivity index (χ1) is 14.2. The molecular weight excluding hydrogens is 380 g/mol. The zero-order chi connectivity index (χ0) is 20.1. The Balaban J connectivity index is 1.48. The Morgan fingerprint density at radius 3 is 2.62 bits per heavy atom. The van der Waals surface area contributed by atoms with Crippen LogP contribution in [0.25, 0.3) is 0 Å². The lowest BCUT2D eigenvalue weighted by Crippen LogP contribution is -2.42. The Hall–Kier alpha value is -2.63. The van der Waals surface area contributed by atoms with Crippen LogP contribution in [-0.2, 0) is 30.8 Å². The highest BCUT2D eigenvalue weighted by Gasteiger charge is 2.23. The summed E-state index contributed by atoms with van der Waals surface area (Å²) in [5.41, 5.74) is 3.73. The van der Waals surface area contributed by atoms with E-state index in [1.165, 1.54) is 16.0 Å². The fraction of sp³-hybridized carbons (Fsp3) is 0.292. The van der Waals surface area contributed by atoms with Crippen molar-refractivity contribution in [2.24, 2.45) is 0 Å². The number of thiophene rings is 1. The summed E-state index contributed by atoms with van der Waals surface area (Å²) < 4.78 is 5.52. The number of hydrogen-bond acceptors (Lipinski definition) is 4. The third kappa shape index (κ3) is 4.86. The first kappa shape index (κ1) is 19.7. The van der Waals surface area contributed by atoms with Gasteiger partial charge >= 0.3 is 0 Å². The van der Waals surface area contributed by atoms with Gasteiger partial charge in [-0.3, -0.25) is 9.69 Å². The Kier molecular flexibility index (Phi) is 6.27. The summed E-state index contributed by atoms with van der Waals surface area (Å²) in [5, 5.41) is 2.08. The van der Waals surface area contributed by atoms with Gasteiger partial charge in [-0.05, 0) is 35.1 Å². The SMILES string of the molecule is COc1ccccc1CN(CC(=O)N1CCc2ccccc2C1)Cc1cccs1. The fourth-order valence-corrected chi connectivity index (χ4v) is 4.61. The van der Waals surface area contributed by atoms with Crippen molar-refractivity contribution in [1.29, 1.82) is 0 Å². The van der Waals surface area contributed by atoms with Gasteiger partial charge in [0.15, 0.2) is 0 Å². The minimum absolute atomic E-state index is 0.186. The Bertz CT molecular complexity index is 955. The predicted molar refractivity (Wildman–Crippen MR) is 117 cm³/mol. The molecule has 2 aromatic carbocycles. The number of methoxy groups -OCH3 is 1. The van der Waals surface area contributed by atoms with Gasteiger partial charge in [0.1, 0.15) is 5.75 Å². The monoisotopic (exact) mass is 406 g/mol. The van der Waals surface area contributed by atoms with E-state index in [-0.39, 0.29) is 5.91 Å². The van der Waals surface area contributed by atoms with Crippen molar-refractivity contribution in [3.8, 4) is 5.75 Å². The summed E-state index contributed by atoms with van der Waals surface area (Å²) in [6.45, 7) is 3.33. The maximum Gasteiger partial charge on any atom is 0.237 e. The second kappa shape index (κ2) is 9.25. The third-order valence-corrected chi connectivity index (χ3v) is 6.25. The molecule has 0 unspecified atom stereocenters. The van der Waals surface area contributed by atoms with Crippen LogP contribution >= 0.6 is 11.3 Å². The summed E-state index contributed by atoms with van der Waals surface area (Å²) in [5.74, 6) is 1.05. The normalized spacial score (nSPS) is 13.4. The molecule has 0 atom stereocenters. The number of hydrogen-bond donors (Lipinski definition) is 0. The minimum atomic E-state index is 0.186. The van der Waals surface area contributed by atoms with Crippen LogP contribution in [0.4, 0.5) is 0 Å². The quantitative estimate of drug-likeness (QED) is 0.585. The highest BCUT2D eigenvalue weighted by molar-refractivity contribution is 7.09. The number of nitrogens with zero attached hydrogens (tertiary/aromatic N) is 2. The van der Waals surface area contributed by atoms with Crippen molar-refractivity contribution in [3.63, 3.8) is 0 Å². The highest BCUT2D eigenvalue weighted by Crippen LogP contribution is 2.23. The molecule has 0 spiro atoms. The predicted octanol–water partition coefficient (Wildman–Crippen LogP) is 4.34. The molecule has 0 saturated carbocycles. The molecular formula is C24H26N2O2S. The van der Waals surface area contributed by atoms with E-state index in [2.05, 4.69) is 52.7 Å². The lowest BCUT2D eigenvalue weighted by atomic mass is 10.00. The molecule has 1 aliphatic rings. The molecule has 1 aliphatic heterocycles. The smallest absolute Gasteiger partial charge is 0.237 e. The lowest BCUT2D eigenvalue weighted by Gasteiger charge is -2.31.